The van der Waals surface area contributed by atoms with Crippen LogP contribution in [0, 0.1) is 11.3 Å². The highest BCUT2D eigenvalue weighted by atomic mass is 35.5. The van der Waals surface area contributed by atoms with Gasteiger partial charge in [0.2, 0.25) is 0 Å². The number of nitrogens with zero attached hydrogens (tertiary/aromatic N) is 6. The lowest BCUT2D eigenvalue weighted by Gasteiger charge is -2.27. The second-order valence-corrected chi connectivity index (χ2v) is 10.9. The van der Waals surface area contributed by atoms with Crippen molar-refractivity contribution in [2.75, 3.05) is 31.6 Å². The Morgan fingerprint density at radius 1 is 1.07 bits per heavy atom. The van der Waals surface area contributed by atoms with E-state index >= 15 is 0 Å². The van der Waals surface area contributed by atoms with Gasteiger partial charge >= 0.3 is 0 Å². The molecular weight excluding hydrogens is 542 g/mol. The average molecular weight is 568 g/mol. The van der Waals surface area contributed by atoms with E-state index in [0.717, 1.165) is 76.3 Å². The quantitative estimate of drug-likeness (QED) is 0.245. The Hall–Kier alpha value is -3.94. The van der Waals surface area contributed by atoms with E-state index in [1.165, 1.54) is 11.8 Å². The number of anilines is 2. The molecule has 0 saturated carbocycles. The molecule has 0 spiro atoms. The van der Waals surface area contributed by atoms with Crippen LogP contribution in [-0.2, 0) is 18.3 Å². The molecule has 2 aromatic carbocycles. The molecule has 10 heteroatoms. The van der Waals surface area contributed by atoms with Gasteiger partial charge in [-0.2, -0.15) is 5.26 Å². The van der Waals surface area contributed by atoms with Gasteiger partial charge in [-0.25, -0.2) is 4.98 Å². The molecule has 1 saturated heterocycles. The smallest absolute Gasteiger partial charge is 0.172 e. The van der Waals surface area contributed by atoms with Gasteiger partial charge in [0.05, 0.1) is 40.7 Å². The summed E-state index contributed by atoms with van der Waals surface area (Å²) in [6.45, 7) is 4.14. The van der Waals surface area contributed by atoms with E-state index in [-0.39, 0.29) is 0 Å². The monoisotopic (exact) mass is 567 g/mol. The summed E-state index contributed by atoms with van der Waals surface area (Å²) in [5, 5.41) is 15.6. The number of fused-ring (bicyclic) bond motifs is 1. The first-order valence-electron chi connectivity index (χ1n) is 12.9. The molecule has 0 radical (unpaired) electrons. The topological polar surface area (TPSA) is 91.9 Å². The molecule has 0 bridgehead atoms. The van der Waals surface area contributed by atoms with Crippen molar-refractivity contribution >= 4 is 45.6 Å². The lowest BCUT2D eigenvalue weighted by Crippen LogP contribution is -2.35. The normalized spacial score (nSPS) is 13.8. The molecular formula is C30H26ClN7OS. The van der Waals surface area contributed by atoms with Crippen LogP contribution in [0.25, 0.3) is 22.2 Å². The number of nitriles is 1. The van der Waals surface area contributed by atoms with Crippen LogP contribution in [0.2, 0.25) is 5.02 Å². The number of imidazole rings is 1. The minimum absolute atomic E-state index is 0.452. The van der Waals surface area contributed by atoms with Gasteiger partial charge in [-0.3, -0.25) is 14.9 Å². The summed E-state index contributed by atoms with van der Waals surface area (Å²) in [5.74, 6) is 0. The highest BCUT2D eigenvalue weighted by Gasteiger charge is 2.16. The van der Waals surface area contributed by atoms with Crippen molar-refractivity contribution in [1.82, 2.24) is 24.4 Å². The number of ether oxygens (including phenoxy) is 1. The third-order valence-corrected chi connectivity index (χ3v) is 8.41. The molecule has 6 rings (SSSR count). The summed E-state index contributed by atoms with van der Waals surface area (Å²) in [4.78, 5) is 17.0. The molecule has 0 atom stereocenters. The average Bonchev–Trinajstić information content (AvgIpc) is 3.39. The van der Waals surface area contributed by atoms with Gasteiger partial charge in [-0.1, -0.05) is 35.5 Å². The Kier molecular flexibility index (Phi) is 7.66. The van der Waals surface area contributed by atoms with E-state index in [2.05, 4.69) is 32.3 Å². The molecule has 0 unspecified atom stereocenters. The maximum absolute atomic E-state index is 9.86. The van der Waals surface area contributed by atoms with Crippen LogP contribution in [0.15, 0.2) is 83.4 Å². The maximum Gasteiger partial charge on any atom is 0.172 e. The minimum Gasteiger partial charge on any atom is -0.379 e. The van der Waals surface area contributed by atoms with Gasteiger partial charge in [0.15, 0.2) is 5.16 Å². The fourth-order valence-electron chi connectivity index (χ4n) is 4.74. The molecule has 0 aliphatic carbocycles. The van der Waals surface area contributed by atoms with Crippen LogP contribution in [0.1, 0.15) is 11.1 Å². The molecule has 1 N–H and O–H groups in total. The van der Waals surface area contributed by atoms with Gasteiger partial charge in [0, 0.05) is 73.0 Å². The fourth-order valence-corrected chi connectivity index (χ4v) is 5.84. The summed E-state index contributed by atoms with van der Waals surface area (Å²) in [6, 6.07) is 18.2. The summed E-state index contributed by atoms with van der Waals surface area (Å²) in [6.07, 6.45) is 7.08. The second-order valence-electron chi connectivity index (χ2n) is 9.48. The van der Waals surface area contributed by atoms with Gasteiger partial charge in [-0.05, 0) is 42.0 Å². The Morgan fingerprint density at radius 2 is 1.95 bits per heavy atom. The number of benzene rings is 2. The number of halogens is 1. The van der Waals surface area contributed by atoms with Crippen molar-refractivity contribution < 1.29 is 4.74 Å². The Morgan fingerprint density at radius 3 is 2.73 bits per heavy atom. The summed E-state index contributed by atoms with van der Waals surface area (Å²) in [5.41, 5.74) is 5.77. The third kappa shape index (κ3) is 5.53. The molecule has 200 valence electrons. The Balaban J connectivity index is 1.30. The molecule has 0 amide bonds. The lowest BCUT2D eigenvalue weighted by molar-refractivity contribution is 0.0342. The number of aromatic nitrogens is 4. The predicted octanol–water partition coefficient (Wildman–Crippen LogP) is 6.28. The molecule has 4 heterocycles. The van der Waals surface area contributed by atoms with Crippen LogP contribution in [0.3, 0.4) is 0 Å². The summed E-state index contributed by atoms with van der Waals surface area (Å²) >= 11 is 8.14. The first kappa shape index (κ1) is 26.3. The van der Waals surface area contributed by atoms with E-state index in [0.29, 0.717) is 16.3 Å². The number of morpholine rings is 1. The zero-order chi connectivity index (χ0) is 27.5. The molecule has 1 aliphatic heterocycles. The second kappa shape index (κ2) is 11.7. The zero-order valence-electron chi connectivity index (χ0n) is 21.8. The van der Waals surface area contributed by atoms with Crippen molar-refractivity contribution in [3.8, 4) is 17.3 Å². The van der Waals surface area contributed by atoms with Crippen molar-refractivity contribution in [3.63, 3.8) is 0 Å². The molecule has 1 aliphatic rings. The van der Waals surface area contributed by atoms with E-state index in [9.17, 15) is 5.26 Å². The number of aryl methyl sites for hydroxylation is 1. The maximum atomic E-state index is 9.86. The lowest BCUT2D eigenvalue weighted by atomic mass is 10.0. The van der Waals surface area contributed by atoms with Crippen LogP contribution < -0.4 is 5.32 Å². The van der Waals surface area contributed by atoms with Gasteiger partial charge in [0.25, 0.3) is 0 Å². The first-order valence-corrected chi connectivity index (χ1v) is 14.1. The molecule has 5 aromatic rings. The number of hydrogen-bond acceptors (Lipinski definition) is 8. The van der Waals surface area contributed by atoms with Crippen LogP contribution in [0.4, 0.5) is 11.4 Å². The highest BCUT2D eigenvalue weighted by Crippen LogP contribution is 2.37. The minimum atomic E-state index is 0.452. The first-order chi connectivity index (χ1) is 19.6. The molecule has 40 heavy (non-hydrogen) atoms. The van der Waals surface area contributed by atoms with Crippen LogP contribution >= 0.6 is 23.4 Å². The molecule has 1 fully saturated rings. The predicted molar refractivity (Wildman–Crippen MR) is 158 cm³/mol. The summed E-state index contributed by atoms with van der Waals surface area (Å²) in [7, 11) is 1.95. The van der Waals surface area contributed by atoms with Crippen molar-refractivity contribution in [2.45, 2.75) is 16.6 Å². The van der Waals surface area contributed by atoms with E-state index in [1.54, 1.807) is 12.4 Å². The van der Waals surface area contributed by atoms with Gasteiger partial charge < -0.3 is 14.6 Å². The van der Waals surface area contributed by atoms with E-state index < -0.39 is 0 Å². The summed E-state index contributed by atoms with van der Waals surface area (Å²) < 4.78 is 7.45. The standard InChI is InChI=1S/C30H26ClN7OS/c1-37-10-9-34-30(37)40-27-7-5-23(16-25(27)31)36-29-22(17-32)18-35-26-15-20(4-6-24(26)29)28-21(3-2-8-33-28)19-38-11-13-39-14-12-38/h2-10,15-16,18H,11-14,19H2,1H3,(H,35,36). The van der Waals surface area contributed by atoms with Crippen LogP contribution in [-0.4, -0.2) is 50.7 Å². The Labute approximate surface area is 241 Å². The SMILES string of the molecule is Cn1ccnc1Sc1ccc(Nc2c(C#N)cnc3cc(-c4ncccc4CN4CCOCC4)ccc23)cc1Cl. The number of nitrogens with one attached hydrogen (secondary N) is 1. The number of hydrogen-bond donors (Lipinski definition) is 1. The van der Waals surface area contributed by atoms with Crippen LogP contribution in [0.5, 0.6) is 0 Å². The van der Waals surface area contributed by atoms with Gasteiger partial charge in [-0.15, -0.1) is 0 Å². The van der Waals surface area contributed by atoms with Crippen molar-refractivity contribution in [3.05, 3.63) is 89.5 Å². The largest absolute Gasteiger partial charge is 0.379 e. The molecule has 3 aromatic heterocycles. The number of rotatable bonds is 7. The van der Waals surface area contributed by atoms with Crippen molar-refractivity contribution in [2.24, 2.45) is 7.05 Å². The zero-order valence-corrected chi connectivity index (χ0v) is 23.4. The van der Waals surface area contributed by atoms with Crippen molar-refractivity contribution in [1.29, 1.82) is 5.26 Å². The van der Waals surface area contributed by atoms with Gasteiger partial charge in [0.1, 0.15) is 6.07 Å². The fraction of sp³-hybridized carbons (Fsp3) is 0.200. The number of pyridine rings is 2. The third-order valence-electron chi connectivity index (χ3n) is 6.83. The van der Waals surface area contributed by atoms with E-state index in [1.807, 2.05) is 66.5 Å². The molecule has 8 nitrogen and oxygen atoms in total. The Bertz CT molecular complexity index is 1730. The highest BCUT2D eigenvalue weighted by molar-refractivity contribution is 7.99. The van der Waals surface area contributed by atoms with E-state index in [4.69, 9.17) is 21.3 Å².